The van der Waals surface area contributed by atoms with E-state index in [2.05, 4.69) is 32.7 Å². The van der Waals surface area contributed by atoms with Crippen LogP contribution in [0.25, 0.3) is 0 Å². The molecule has 0 N–H and O–H groups in total. The minimum atomic E-state index is 0.0752. The number of ketones is 1. The Bertz CT molecular complexity index is 528. The summed E-state index contributed by atoms with van der Waals surface area (Å²) in [6, 6.07) is 18.6. The number of hydrogen-bond acceptors (Lipinski definition) is 3. The summed E-state index contributed by atoms with van der Waals surface area (Å²) in [6.07, 6.45) is 4.69. The van der Waals surface area contributed by atoms with Gasteiger partial charge in [-0.2, -0.15) is 24.4 Å². The molecule has 0 fully saturated rings. The first kappa shape index (κ1) is 20.9. The molecular weight excluding hydrogens is 332 g/mol. The highest BCUT2D eigenvalue weighted by Crippen LogP contribution is 2.30. The second-order valence-corrected chi connectivity index (χ2v) is 7.04. The van der Waals surface area contributed by atoms with Crippen LogP contribution in [0.4, 0.5) is 0 Å². The van der Waals surface area contributed by atoms with Crippen molar-refractivity contribution in [2.24, 2.45) is 5.41 Å². The smallest absolute Gasteiger partial charge is 0.193 e. The summed E-state index contributed by atoms with van der Waals surface area (Å²) in [5.74, 6) is 2.36. The zero-order chi connectivity index (χ0) is 17.8. The van der Waals surface area contributed by atoms with Crippen LogP contribution in [0.2, 0.25) is 0 Å². The second kappa shape index (κ2) is 11.4. The fourth-order valence-electron chi connectivity index (χ4n) is 2.38. The molecule has 0 aromatic heterocycles. The topological polar surface area (TPSA) is 17.1 Å². The van der Waals surface area contributed by atoms with Crippen LogP contribution in [0, 0.1) is 5.41 Å². The highest BCUT2D eigenvalue weighted by molar-refractivity contribution is 7.98. The molecule has 0 aliphatic heterocycles. The van der Waals surface area contributed by atoms with Gasteiger partial charge >= 0.3 is 0 Å². The van der Waals surface area contributed by atoms with E-state index < -0.39 is 0 Å². The maximum absolute atomic E-state index is 11.8. The predicted octanol–water partition coefficient (Wildman–Crippen LogP) is 6.00. The van der Waals surface area contributed by atoms with E-state index in [1.165, 1.54) is 18.6 Å². The lowest BCUT2D eigenvalue weighted by Gasteiger charge is -2.28. The predicted molar refractivity (Wildman–Crippen MR) is 112 cm³/mol. The van der Waals surface area contributed by atoms with E-state index in [1.807, 2.05) is 72.4 Å². The van der Waals surface area contributed by atoms with Crippen molar-refractivity contribution >= 4 is 30.2 Å². The van der Waals surface area contributed by atoms with Gasteiger partial charge in [0.15, 0.2) is 5.78 Å². The summed E-state index contributed by atoms with van der Waals surface area (Å²) in [5.41, 5.74) is 1.97. The van der Waals surface area contributed by atoms with Crippen LogP contribution in [0.3, 0.4) is 0 Å². The van der Waals surface area contributed by atoms with Gasteiger partial charge in [0.25, 0.3) is 0 Å². The third kappa shape index (κ3) is 6.37. The summed E-state index contributed by atoms with van der Waals surface area (Å²) >= 11 is 6.32. The standard InChI is InChI=1S/C13H10O.C8H18S2/c14-13(11-7-3-1-4-8-11)12-9-5-2-6-10-12;1-4-8(5-2,6-9)7-10-3/h1-10H;9H,4-7H2,1-3H3. The van der Waals surface area contributed by atoms with Gasteiger partial charge in [0.2, 0.25) is 0 Å². The molecule has 0 heterocycles. The number of thiol groups is 1. The van der Waals surface area contributed by atoms with Gasteiger partial charge in [-0.1, -0.05) is 74.5 Å². The minimum Gasteiger partial charge on any atom is -0.289 e. The Hall–Kier alpha value is -1.19. The molecule has 0 saturated carbocycles. The van der Waals surface area contributed by atoms with Crippen molar-refractivity contribution in [3.05, 3.63) is 71.8 Å². The lowest BCUT2D eigenvalue weighted by molar-refractivity contribution is 0.103. The Labute approximate surface area is 156 Å². The third-order valence-electron chi connectivity index (χ3n) is 4.36. The first-order valence-corrected chi connectivity index (χ1v) is 10.4. The van der Waals surface area contributed by atoms with E-state index in [1.54, 1.807) is 0 Å². The second-order valence-electron chi connectivity index (χ2n) is 5.86. The van der Waals surface area contributed by atoms with Crippen LogP contribution >= 0.6 is 24.4 Å². The van der Waals surface area contributed by atoms with Crippen molar-refractivity contribution in [2.75, 3.05) is 17.8 Å². The molecule has 2 rings (SSSR count). The van der Waals surface area contributed by atoms with E-state index >= 15 is 0 Å². The molecule has 0 saturated heterocycles. The van der Waals surface area contributed by atoms with Crippen LogP contribution in [-0.4, -0.2) is 23.5 Å². The van der Waals surface area contributed by atoms with Gasteiger partial charge in [0.05, 0.1) is 0 Å². The third-order valence-corrected chi connectivity index (χ3v) is 5.93. The van der Waals surface area contributed by atoms with E-state index in [0.717, 1.165) is 16.9 Å². The zero-order valence-corrected chi connectivity index (χ0v) is 16.6. The largest absolute Gasteiger partial charge is 0.289 e. The molecule has 2 aromatic carbocycles. The van der Waals surface area contributed by atoms with Gasteiger partial charge in [-0.25, -0.2) is 0 Å². The molecular formula is C21H28OS2. The highest BCUT2D eigenvalue weighted by atomic mass is 32.2. The van der Waals surface area contributed by atoms with Crippen molar-refractivity contribution in [1.82, 2.24) is 0 Å². The highest BCUT2D eigenvalue weighted by Gasteiger charge is 2.22. The normalized spacial score (nSPS) is 10.7. The van der Waals surface area contributed by atoms with Gasteiger partial charge in [-0.3, -0.25) is 4.79 Å². The maximum Gasteiger partial charge on any atom is 0.193 e. The number of carbonyl (C=O) groups is 1. The molecule has 0 radical (unpaired) electrons. The van der Waals surface area contributed by atoms with E-state index in [4.69, 9.17) is 0 Å². The fraction of sp³-hybridized carbons (Fsp3) is 0.381. The van der Waals surface area contributed by atoms with Crippen LogP contribution in [0.15, 0.2) is 60.7 Å². The molecule has 0 spiro atoms. The average molecular weight is 361 g/mol. The molecule has 3 heteroatoms. The van der Waals surface area contributed by atoms with Gasteiger partial charge in [-0.05, 0) is 36.0 Å². The van der Waals surface area contributed by atoms with Gasteiger partial charge < -0.3 is 0 Å². The quantitative estimate of drug-likeness (QED) is 0.481. The number of rotatable bonds is 7. The van der Waals surface area contributed by atoms with Gasteiger partial charge in [-0.15, -0.1) is 0 Å². The number of carbonyl (C=O) groups excluding carboxylic acids is 1. The van der Waals surface area contributed by atoms with Crippen LogP contribution in [0.5, 0.6) is 0 Å². The van der Waals surface area contributed by atoms with Crippen molar-refractivity contribution in [3.63, 3.8) is 0 Å². The number of benzene rings is 2. The van der Waals surface area contributed by atoms with Gasteiger partial charge in [0, 0.05) is 11.1 Å². The van der Waals surface area contributed by atoms with Crippen molar-refractivity contribution < 1.29 is 4.79 Å². The number of thioether (sulfide) groups is 1. The molecule has 2 aromatic rings. The molecule has 1 nitrogen and oxygen atoms in total. The van der Waals surface area contributed by atoms with Crippen molar-refractivity contribution in [2.45, 2.75) is 26.7 Å². The average Bonchev–Trinajstić information content (AvgIpc) is 2.67. The summed E-state index contributed by atoms with van der Waals surface area (Å²) in [6.45, 7) is 4.52. The SMILES string of the molecule is CCC(CC)(CS)CSC.O=C(c1ccccc1)c1ccccc1. The Balaban J connectivity index is 0.000000257. The molecule has 130 valence electrons. The summed E-state index contributed by atoms with van der Waals surface area (Å²) in [7, 11) is 0. The van der Waals surface area contributed by atoms with E-state index in [0.29, 0.717) is 5.41 Å². The van der Waals surface area contributed by atoms with Crippen LogP contribution in [-0.2, 0) is 0 Å². The van der Waals surface area contributed by atoms with E-state index in [-0.39, 0.29) is 5.78 Å². The summed E-state index contributed by atoms with van der Waals surface area (Å²) < 4.78 is 0. The molecule has 0 amide bonds. The lowest BCUT2D eigenvalue weighted by Crippen LogP contribution is -2.23. The molecule has 0 aliphatic rings. The van der Waals surface area contributed by atoms with Crippen molar-refractivity contribution in [3.8, 4) is 0 Å². The lowest BCUT2D eigenvalue weighted by atomic mass is 9.87. The molecule has 0 bridgehead atoms. The summed E-state index contributed by atoms with van der Waals surface area (Å²) in [4.78, 5) is 11.8. The molecule has 24 heavy (non-hydrogen) atoms. The Morgan fingerprint density at radius 3 is 1.58 bits per heavy atom. The fourth-order valence-corrected chi connectivity index (χ4v) is 4.21. The monoisotopic (exact) mass is 360 g/mol. The Kier molecular flexibility index (Phi) is 9.89. The van der Waals surface area contributed by atoms with Crippen LogP contribution in [0.1, 0.15) is 42.6 Å². The maximum atomic E-state index is 11.8. The zero-order valence-electron chi connectivity index (χ0n) is 14.9. The molecule has 0 atom stereocenters. The minimum absolute atomic E-state index is 0.0752. The Morgan fingerprint density at radius 2 is 1.33 bits per heavy atom. The summed E-state index contributed by atoms with van der Waals surface area (Å²) in [5, 5.41) is 0. The first-order chi connectivity index (χ1) is 11.6. The van der Waals surface area contributed by atoms with Crippen molar-refractivity contribution in [1.29, 1.82) is 0 Å². The van der Waals surface area contributed by atoms with Gasteiger partial charge in [0.1, 0.15) is 0 Å². The van der Waals surface area contributed by atoms with Crippen LogP contribution < -0.4 is 0 Å². The number of hydrogen-bond donors (Lipinski definition) is 1. The Morgan fingerprint density at radius 1 is 0.917 bits per heavy atom. The first-order valence-electron chi connectivity index (χ1n) is 8.37. The molecule has 0 aliphatic carbocycles. The molecule has 0 unspecified atom stereocenters. The van der Waals surface area contributed by atoms with E-state index in [9.17, 15) is 4.79 Å².